The monoisotopic (exact) mass is 523 g/mol. The second kappa shape index (κ2) is 11.6. The summed E-state index contributed by atoms with van der Waals surface area (Å²) in [7, 11) is 0. The largest absolute Gasteiger partial charge is 0.490 e. The standard InChI is InChI=1S/C24H23Cl2NO6S/c1-4-31-20-9-15(5-8-19(20)32-13-16-6-7-17(25)11-18(16)26)10-21-23(29)27(24(30)34-21)12-22(28)33-14(2)3/h5-11,14H,4,12-13H2,1-3H3/b21-10-. The molecule has 34 heavy (non-hydrogen) atoms. The van der Waals surface area contributed by atoms with Crippen molar-refractivity contribution in [2.24, 2.45) is 0 Å². The third-order valence-corrected chi connectivity index (χ3v) is 5.99. The zero-order valence-electron chi connectivity index (χ0n) is 18.8. The number of hydrogen-bond donors (Lipinski definition) is 0. The first-order valence-electron chi connectivity index (χ1n) is 10.5. The number of benzene rings is 2. The van der Waals surface area contributed by atoms with E-state index in [1.54, 1.807) is 56.3 Å². The molecule has 2 amide bonds. The van der Waals surface area contributed by atoms with Crippen LogP contribution >= 0.6 is 35.0 Å². The van der Waals surface area contributed by atoms with E-state index in [0.29, 0.717) is 33.7 Å². The number of amides is 2. The molecule has 2 aromatic carbocycles. The van der Waals surface area contributed by atoms with Crippen molar-refractivity contribution in [3.8, 4) is 11.5 Å². The summed E-state index contributed by atoms with van der Waals surface area (Å²) in [5, 5.41) is 0.506. The highest BCUT2D eigenvalue weighted by Gasteiger charge is 2.36. The molecule has 0 spiro atoms. The molecular formula is C24H23Cl2NO6S. The average Bonchev–Trinajstić information content (AvgIpc) is 3.01. The maximum atomic E-state index is 12.7. The van der Waals surface area contributed by atoms with E-state index in [9.17, 15) is 14.4 Å². The van der Waals surface area contributed by atoms with E-state index in [0.717, 1.165) is 22.2 Å². The van der Waals surface area contributed by atoms with Crippen LogP contribution in [0, 0.1) is 0 Å². The molecule has 0 bridgehead atoms. The summed E-state index contributed by atoms with van der Waals surface area (Å²) in [4.78, 5) is 37.9. The van der Waals surface area contributed by atoms with Crippen LogP contribution in [-0.2, 0) is 20.9 Å². The molecule has 0 N–H and O–H groups in total. The second-order valence-electron chi connectivity index (χ2n) is 7.47. The Kier molecular flexibility index (Phi) is 8.88. The van der Waals surface area contributed by atoms with Gasteiger partial charge in [0, 0.05) is 15.6 Å². The first-order chi connectivity index (χ1) is 16.2. The molecular weight excluding hydrogens is 501 g/mol. The van der Waals surface area contributed by atoms with E-state index in [1.807, 2.05) is 6.92 Å². The first-order valence-corrected chi connectivity index (χ1v) is 12.0. The zero-order valence-corrected chi connectivity index (χ0v) is 21.1. The number of imide groups is 1. The van der Waals surface area contributed by atoms with Crippen LogP contribution in [0.4, 0.5) is 4.79 Å². The summed E-state index contributed by atoms with van der Waals surface area (Å²) in [5.74, 6) is -0.221. The summed E-state index contributed by atoms with van der Waals surface area (Å²) >= 11 is 12.9. The third kappa shape index (κ3) is 6.68. The van der Waals surface area contributed by atoms with Crippen molar-refractivity contribution in [1.29, 1.82) is 0 Å². The number of nitrogens with zero attached hydrogens (tertiary/aromatic N) is 1. The van der Waals surface area contributed by atoms with Crippen LogP contribution in [0.15, 0.2) is 41.3 Å². The van der Waals surface area contributed by atoms with Crippen molar-refractivity contribution in [3.05, 3.63) is 62.5 Å². The summed E-state index contributed by atoms with van der Waals surface area (Å²) in [5.41, 5.74) is 1.40. The van der Waals surface area contributed by atoms with Gasteiger partial charge < -0.3 is 14.2 Å². The summed E-state index contributed by atoms with van der Waals surface area (Å²) in [6.07, 6.45) is 1.23. The van der Waals surface area contributed by atoms with Gasteiger partial charge in [-0.15, -0.1) is 0 Å². The Bertz CT molecular complexity index is 1130. The molecule has 180 valence electrons. The molecule has 1 saturated heterocycles. The fourth-order valence-electron chi connectivity index (χ4n) is 3.01. The Morgan fingerprint density at radius 1 is 1.09 bits per heavy atom. The molecule has 2 aromatic rings. The molecule has 1 aliphatic rings. The molecule has 0 aromatic heterocycles. The van der Waals surface area contributed by atoms with Crippen LogP contribution in [-0.4, -0.2) is 41.3 Å². The van der Waals surface area contributed by atoms with Gasteiger partial charge in [0.2, 0.25) is 0 Å². The van der Waals surface area contributed by atoms with Crippen LogP contribution < -0.4 is 9.47 Å². The molecule has 0 atom stereocenters. The van der Waals surface area contributed by atoms with Crippen molar-refractivity contribution in [2.75, 3.05) is 13.2 Å². The molecule has 1 aliphatic heterocycles. The van der Waals surface area contributed by atoms with E-state index in [4.69, 9.17) is 37.4 Å². The zero-order chi connectivity index (χ0) is 24.8. The van der Waals surface area contributed by atoms with Crippen LogP contribution in [0.2, 0.25) is 10.0 Å². The lowest BCUT2D eigenvalue weighted by atomic mass is 10.1. The Hall–Kier alpha value is -2.68. The predicted molar refractivity (Wildman–Crippen MR) is 132 cm³/mol. The normalized spacial score (nSPS) is 14.8. The van der Waals surface area contributed by atoms with Gasteiger partial charge in [0.05, 0.1) is 17.6 Å². The molecule has 1 fully saturated rings. The first kappa shape index (κ1) is 25.9. The average molecular weight is 524 g/mol. The van der Waals surface area contributed by atoms with Gasteiger partial charge in [-0.2, -0.15) is 0 Å². The predicted octanol–water partition coefficient (Wildman–Crippen LogP) is 5.96. The van der Waals surface area contributed by atoms with E-state index in [-0.39, 0.29) is 17.6 Å². The second-order valence-corrected chi connectivity index (χ2v) is 9.31. The maximum Gasteiger partial charge on any atom is 0.326 e. The number of ether oxygens (including phenoxy) is 3. The minimum Gasteiger partial charge on any atom is -0.490 e. The highest BCUT2D eigenvalue weighted by atomic mass is 35.5. The van der Waals surface area contributed by atoms with Crippen LogP contribution in [0.3, 0.4) is 0 Å². The number of thioether (sulfide) groups is 1. The number of rotatable bonds is 9. The fraction of sp³-hybridized carbons (Fsp3) is 0.292. The van der Waals surface area contributed by atoms with Gasteiger partial charge in [-0.1, -0.05) is 35.3 Å². The van der Waals surface area contributed by atoms with Crippen molar-refractivity contribution < 1.29 is 28.6 Å². The highest BCUT2D eigenvalue weighted by Crippen LogP contribution is 2.35. The molecule has 1 heterocycles. The van der Waals surface area contributed by atoms with Gasteiger partial charge in [0.15, 0.2) is 11.5 Å². The molecule has 3 rings (SSSR count). The van der Waals surface area contributed by atoms with Crippen molar-refractivity contribution in [3.63, 3.8) is 0 Å². The van der Waals surface area contributed by atoms with Crippen molar-refractivity contribution >= 4 is 58.2 Å². The third-order valence-electron chi connectivity index (χ3n) is 4.49. The molecule has 0 unspecified atom stereocenters. The minimum atomic E-state index is -0.639. The van der Waals surface area contributed by atoms with Crippen LogP contribution in [0.25, 0.3) is 6.08 Å². The molecule has 0 radical (unpaired) electrons. The SMILES string of the molecule is CCOc1cc(/C=C2\SC(=O)N(CC(=O)OC(C)C)C2=O)ccc1OCc1ccc(Cl)cc1Cl. The summed E-state index contributed by atoms with van der Waals surface area (Å²) in [6.45, 7) is 5.41. The number of carbonyl (C=O) groups is 3. The van der Waals surface area contributed by atoms with Gasteiger partial charge in [-0.3, -0.25) is 19.3 Å². The van der Waals surface area contributed by atoms with Gasteiger partial charge in [0.1, 0.15) is 13.2 Å². The lowest BCUT2D eigenvalue weighted by molar-refractivity contribution is -0.149. The minimum absolute atomic E-state index is 0.200. The molecule has 0 aliphatic carbocycles. The van der Waals surface area contributed by atoms with E-state index < -0.39 is 23.7 Å². The number of carbonyl (C=O) groups excluding carboxylic acids is 3. The maximum absolute atomic E-state index is 12.7. The van der Waals surface area contributed by atoms with E-state index in [2.05, 4.69) is 0 Å². The number of esters is 1. The smallest absolute Gasteiger partial charge is 0.326 e. The Labute approximate surface area is 211 Å². The lowest BCUT2D eigenvalue weighted by Crippen LogP contribution is -2.35. The van der Waals surface area contributed by atoms with Gasteiger partial charge >= 0.3 is 5.97 Å². The molecule has 7 nitrogen and oxygen atoms in total. The number of hydrogen-bond acceptors (Lipinski definition) is 7. The topological polar surface area (TPSA) is 82.1 Å². The summed E-state index contributed by atoms with van der Waals surface area (Å²) in [6, 6.07) is 10.3. The quantitative estimate of drug-likeness (QED) is 0.296. The van der Waals surface area contributed by atoms with E-state index in [1.165, 1.54) is 0 Å². The Morgan fingerprint density at radius 2 is 1.85 bits per heavy atom. The van der Waals surface area contributed by atoms with Crippen molar-refractivity contribution in [2.45, 2.75) is 33.5 Å². The fourth-order valence-corrected chi connectivity index (χ4v) is 4.31. The van der Waals surface area contributed by atoms with Crippen LogP contribution in [0.5, 0.6) is 11.5 Å². The lowest BCUT2D eigenvalue weighted by Gasteiger charge is -2.14. The van der Waals surface area contributed by atoms with Gasteiger partial charge in [-0.25, -0.2) is 0 Å². The molecule has 10 heteroatoms. The Balaban J connectivity index is 1.75. The highest BCUT2D eigenvalue weighted by molar-refractivity contribution is 8.18. The Morgan fingerprint density at radius 3 is 2.53 bits per heavy atom. The van der Waals surface area contributed by atoms with Gasteiger partial charge in [-0.05, 0) is 68.4 Å². The van der Waals surface area contributed by atoms with Crippen molar-refractivity contribution in [1.82, 2.24) is 4.90 Å². The summed E-state index contributed by atoms with van der Waals surface area (Å²) < 4.78 is 16.6. The van der Waals surface area contributed by atoms with Crippen LogP contribution in [0.1, 0.15) is 31.9 Å². The number of halogens is 2. The molecule has 0 saturated carbocycles. The van der Waals surface area contributed by atoms with Gasteiger partial charge in [0.25, 0.3) is 11.1 Å². The van der Waals surface area contributed by atoms with E-state index >= 15 is 0 Å².